The Morgan fingerprint density at radius 3 is 1.86 bits per heavy atom. The van der Waals surface area contributed by atoms with Gasteiger partial charge in [0, 0.05) is 6.42 Å². The van der Waals surface area contributed by atoms with E-state index in [0.29, 0.717) is 6.42 Å². The Bertz CT molecular complexity index is 471. The van der Waals surface area contributed by atoms with Crippen molar-refractivity contribution >= 4 is 16.1 Å². The topological polar surface area (TPSA) is 78.9 Å². The zero-order chi connectivity index (χ0) is 17.8. The normalized spacial score (nSPS) is 14.0. The van der Waals surface area contributed by atoms with Crippen molar-refractivity contribution < 1.29 is 26.9 Å². The van der Waals surface area contributed by atoms with Crippen molar-refractivity contribution in [1.82, 2.24) is 0 Å². The average molecular weight is 338 g/mol. The van der Waals surface area contributed by atoms with Crippen molar-refractivity contribution in [2.24, 2.45) is 0 Å². The maximum absolute atomic E-state index is 11.8. The third-order valence-corrected chi connectivity index (χ3v) is 3.32. The summed E-state index contributed by atoms with van der Waals surface area (Å²) in [6.45, 7) is 12.6. The van der Waals surface area contributed by atoms with Crippen molar-refractivity contribution in [2.45, 2.75) is 78.1 Å². The smallest absolute Gasteiger partial charge is 0.309 e. The van der Waals surface area contributed by atoms with Crippen LogP contribution in [-0.2, 0) is 28.6 Å². The van der Waals surface area contributed by atoms with Gasteiger partial charge in [-0.05, 0) is 48.5 Å². The molecule has 0 aliphatic carbocycles. The summed E-state index contributed by atoms with van der Waals surface area (Å²) in [4.78, 5) is 11.8. The lowest BCUT2D eigenvalue weighted by molar-refractivity contribution is -0.161. The molecule has 0 N–H and O–H groups in total. The minimum Gasteiger partial charge on any atom is -0.460 e. The van der Waals surface area contributed by atoms with Gasteiger partial charge in [-0.2, -0.15) is 8.42 Å². The first kappa shape index (κ1) is 21.3. The molecule has 0 unspecified atom stereocenters. The number of carbonyl (C=O) groups excluding carboxylic acids is 1. The quantitative estimate of drug-likeness (QED) is 0.500. The van der Waals surface area contributed by atoms with Crippen LogP contribution in [0.15, 0.2) is 0 Å². The van der Waals surface area contributed by atoms with Crippen molar-refractivity contribution in [3.63, 3.8) is 0 Å². The molecule has 0 aromatic rings. The zero-order valence-corrected chi connectivity index (χ0v) is 15.8. The Balaban J connectivity index is 4.36. The van der Waals surface area contributed by atoms with E-state index in [-0.39, 0.29) is 19.0 Å². The predicted molar refractivity (Wildman–Crippen MR) is 85.1 cm³/mol. The third kappa shape index (κ3) is 11.9. The molecule has 0 aromatic heterocycles. The maximum Gasteiger partial charge on any atom is 0.309 e. The first-order valence-corrected chi connectivity index (χ1v) is 9.09. The molecule has 0 bridgehead atoms. The summed E-state index contributed by atoms with van der Waals surface area (Å²) in [5, 5.41) is 0. The van der Waals surface area contributed by atoms with Crippen LogP contribution in [0.4, 0.5) is 0 Å². The SMILES string of the molecule is CC(C)(C)OC(=O)CC(C)(C)OCCC(C)(C)OS(C)(=O)=O. The zero-order valence-electron chi connectivity index (χ0n) is 15.0. The van der Waals surface area contributed by atoms with Crippen LogP contribution in [0.1, 0.15) is 61.3 Å². The van der Waals surface area contributed by atoms with Crippen LogP contribution >= 0.6 is 0 Å². The molecule has 0 aliphatic heterocycles. The Hall–Kier alpha value is -0.660. The van der Waals surface area contributed by atoms with E-state index in [2.05, 4.69) is 0 Å². The summed E-state index contributed by atoms with van der Waals surface area (Å²) in [7, 11) is -3.52. The Kier molecular flexibility index (Phi) is 7.06. The highest BCUT2D eigenvalue weighted by molar-refractivity contribution is 7.86. The van der Waals surface area contributed by atoms with Gasteiger partial charge in [0.05, 0.1) is 30.5 Å². The highest BCUT2D eigenvalue weighted by Gasteiger charge is 2.29. The van der Waals surface area contributed by atoms with Gasteiger partial charge >= 0.3 is 5.97 Å². The first-order valence-electron chi connectivity index (χ1n) is 7.28. The minimum atomic E-state index is -3.52. The van der Waals surface area contributed by atoms with Gasteiger partial charge in [-0.3, -0.25) is 8.98 Å². The largest absolute Gasteiger partial charge is 0.460 e. The van der Waals surface area contributed by atoms with Crippen LogP contribution < -0.4 is 0 Å². The lowest BCUT2D eigenvalue weighted by Crippen LogP contribution is -2.35. The number of carbonyl (C=O) groups is 1. The van der Waals surface area contributed by atoms with E-state index >= 15 is 0 Å². The van der Waals surface area contributed by atoms with Crippen LogP contribution in [0.25, 0.3) is 0 Å². The average Bonchev–Trinajstić information content (AvgIpc) is 2.06. The second-order valence-corrected chi connectivity index (χ2v) is 9.24. The Labute approximate surface area is 134 Å². The molecule has 0 aliphatic rings. The minimum absolute atomic E-state index is 0.123. The number of rotatable bonds is 8. The summed E-state index contributed by atoms with van der Waals surface area (Å²) in [6, 6.07) is 0. The molecule has 0 spiro atoms. The molecule has 22 heavy (non-hydrogen) atoms. The van der Waals surface area contributed by atoms with E-state index in [1.165, 1.54) is 0 Å². The number of hydrogen-bond donors (Lipinski definition) is 0. The second-order valence-electron chi connectivity index (χ2n) is 7.67. The van der Waals surface area contributed by atoms with Gasteiger partial charge < -0.3 is 9.47 Å². The van der Waals surface area contributed by atoms with Crippen molar-refractivity contribution in [3.8, 4) is 0 Å². The van der Waals surface area contributed by atoms with Gasteiger partial charge in [0.2, 0.25) is 0 Å². The fourth-order valence-electron chi connectivity index (χ4n) is 1.80. The molecule has 7 heteroatoms. The molecule has 0 radical (unpaired) electrons. The Morgan fingerprint density at radius 1 is 0.955 bits per heavy atom. The van der Waals surface area contributed by atoms with Crippen LogP contribution in [0.3, 0.4) is 0 Å². The Morgan fingerprint density at radius 2 is 1.45 bits per heavy atom. The summed E-state index contributed by atoms with van der Waals surface area (Å²) < 4.78 is 38.3. The van der Waals surface area contributed by atoms with E-state index in [1.807, 2.05) is 20.8 Å². The summed E-state index contributed by atoms with van der Waals surface area (Å²) in [6.07, 6.45) is 1.53. The highest BCUT2D eigenvalue weighted by atomic mass is 32.2. The molecule has 0 aromatic carbocycles. The van der Waals surface area contributed by atoms with E-state index in [0.717, 1.165) is 6.26 Å². The fourth-order valence-corrected chi connectivity index (χ4v) is 2.70. The second kappa shape index (κ2) is 7.27. The molecule has 0 saturated heterocycles. The summed E-state index contributed by atoms with van der Waals surface area (Å²) >= 11 is 0. The fraction of sp³-hybridized carbons (Fsp3) is 0.933. The van der Waals surface area contributed by atoms with E-state index < -0.39 is 26.9 Å². The van der Waals surface area contributed by atoms with E-state index in [4.69, 9.17) is 13.7 Å². The van der Waals surface area contributed by atoms with Gasteiger partial charge in [-0.25, -0.2) is 0 Å². The lowest BCUT2D eigenvalue weighted by Gasteiger charge is -2.29. The summed E-state index contributed by atoms with van der Waals surface area (Å²) in [5.41, 5.74) is -2.07. The molecule has 0 amide bonds. The van der Waals surface area contributed by atoms with E-state index in [1.54, 1.807) is 27.7 Å². The molecular formula is C15H30O6S. The number of ether oxygens (including phenoxy) is 2. The maximum atomic E-state index is 11.8. The van der Waals surface area contributed by atoms with Crippen molar-refractivity contribution in [2.75, 3.05) is 12.9 Å². The van der Waals surface area contributed by atoms with Crippen LogP contribution in [-0.4, -0.2) is 44.1 Å². The van der Waals surface area contributed by atoms with Crippen LogP contribution in [0.2, 0.25) is 0 Å². The number of esters is 1. The van der Waals surface area contributed by atoms with Gasteiger partial charge in [0.25, 0.3) is 10.1 Å². The molecular weight excluding hydrogens is 308 g/mol. The van der Waals surface area contributed by atoms with Crippen molar-refractivity contribution in [1.29, 1.82) is 0 Å². The van der Waals surface area contributed by atoms with E-state index in [9.17, 15) is 13.2 Å². The highest BCUT2D eigenvalue weighted by Crippen LogP contribution is 2.22. The number of hydrogen-bond acceptors (Lipinski definition) is 6. The van der Waals surface area contributed by atoms with Gasteiger partial charge in [0.15, 0.2) is 0 Å². The van der Waals surface area contributed by atoms with Gasteiger partial charge in [-0.1, -0.05) is 0 Å². The molecule has 0 rings (SSSR count). The molecule has 0 heterocycles. The third-order valence-electron chi connectivity index (χ3n) is 2.56. The van der Waals surface area contributed by atoms with Crippen LogP contribution in [0, 0.1) is 0 Å². The molecule has 0 atom stereocenters. The summed E-state index contributed by atoms with van der Waals surface area (Å²) in [5.74, 6) is -0.329. The van der Waals surface area contributed by atoms with Crippen molar-refractivity contribution in [3.05, 3.63) is 0 Å². The molecule has 132 valence electrons. The van der Waals surface area contributed by atoms with Crippen LogP contribution in [0.5, 0.6) is 0 Å². The molecule has 0 saturated carbocycles. The predicted octanol–water partition coefficient (Wildman–Crippen LogP) is 2.66. The monoisotopic (exact) mass is 338 g/mol. The standard InChI is InChI=1S/C15H30O6S/c1-13(2,3)20-12(16)11-15(6,7)19-10-9-14(4,5)21-22(8,17)18/h9-11H2,1-8H3. The lowest BCUT2D eigenvalue weighted by atomic mass is 10.0. The molecule has 0 fully saturated rings. The molecule has 6 nitrogen and oxygen atoms in total. The van der Waals surface area contributed by atoms with Gasteiger partial charge in [-0.15, -0.1) is 0 Å². The van der Waals surface area contributed by atoms with Gasteiger partial charge in [0.1, 0.15) is 5.60 Å². The first-order chi connectivity index (χ1) is 9.52.